The maximum atomic E-state index is 11.8. The highest BCUT2D eigenvalue weighted by atomic mass is 35.5. The van der Waals surface area contributed by atoms with Crippen LogP contribution in [-0.4, -0.2) is 23.7 Å². The number of amides is 2. The molecule has 3 N–H and O–H groups in total. The van der Waals surface area contributed by atoms with E-state index in [1.807, 2.05) is 32.0 Å². The SMILES string of the molecule is CC(CCC(=O)O)CNC(=O)NC(C)c1ccccc1Cl. The van der Waals surface area contributed by atoms with Crippen molar-refractivity contribution in [3.8, 4) is 0 Å². The fourth-order valence-corrected chi connectivity index (χ4v) is 2.19. The second kappa shape index (κ2) is 8.52. The summed E-state index contributed by atoms with van der Waals surface area (Å²) >= 11 is 6.07. The number of hydrogen-bond acceptors (Lipinski definition) is 2. The molecule has 5 nitrogen and oxygen atoms in total. The third-order valence-electron chi connectivity index (χ3n) is 3.18. The van der Waals surface area contributed by atoms with Crippen LogP contribution in [0.2, 0.25) is 5.02 Å². The third-order valence-corrected chi connectivity index (χ3v) is 3.53. The van der Waals surface area contributed by atoms with Gasteiger partial charge >= 0.3 is 12.0 Å². The van der Waals surface area contributed by atoms with Gasteiger partial charge in [0, 0.05) is 18.0 Å². The predicted octanol–water partition coefficient (Wildman–Crippen LogP) is 3.20. The Bertz CT molecular complexity index is 494. The van der Waals surface area contributed by atoms with E-state index in [2.05, 4.69) is 10.6 Å². The fourth-order valence-electron chi connectivity index (χ4n) is 1.89. The standard InChI is InChI=1S/C15H21ClN2O3/c1-10(7-8-14(19)20)9-17-15(21)18-11(2)12-5-3-4-6-13(12)16/h3-6,10-11H,7-9H2,1-2H3,(H,19,20)(H2,17,18,21). The van der Waals surface area contributed by atoms with Gasteiger partial charge in [0.05, 0.1) is 6.04 Å². The van der Waals surface area contributed by atoms with Crippen LogP contribution in [0.1, 0.15) is 38.3 Å². The molecule has 6 heteroatoms. The van der Waals surface area contributed by atoms with Gasteiger partial charge in [0.15, 0.2) is 0 Å². The zero-order chi connectivity index (χ0) is 15.8. The van der Waals surface area contributed by atoms with E-state index in [1.165, 1.54) is 0 Å². The van der Waals surface area contributed by atoms with Gasteiger partial charge in [0.2, 0.25) is 0 Å². The smallest absolute Gasteiger partial charge is 0.315 e. The van der Waals surface area contributed by atoms with Crippen molar-refractivity contribution in [1.29, 1.82) is 0 Å². The van der Waals surface area contributed by atoms with Crippen molar-refractivity contribution >= 4 is 23.6 Å². The first kappa shape index (κ1) is 17.3. The molecule has 0 spiro atoms. The molecule has 0 bridgehead atoms. The maximum Gasteiger partial charge on any atom is 0.315 e. The zero-order valence-electron chi connectivity index (χ0n) is 12.2. The van der Waals surface area contributed by atoms with Crippen LogP contribution < -0.4 is 10.6 Å². The third kappa shape index (κ3) is 6.49. The highest BCUT2D eigenvalue weighted by molar-refractivity contribution is 6.31. The van der Waals surface area contributed by atoms with E-state index >= 15 is 0 Å². The number of rotatable bonds is 7. The second-order valence-electron chi connectivity index (χ2n) is 5.14. The molecular weight excluding hydrogens is 292 g/mol. The lowest BCUT2D eigenvalue weighted by atomic mass is 10.1. The van der Waals surface area contributed by atoms with E-state index in [9.17, 15) is 9.59 Å². The van der Waals surface area contributed by atoms with Crippen molar-refractivity contribution in [2.75, 3.05) is 6.54 Å². The maximum absolute atomic E-state index is 11.8. The Morgan fingerprint density at radius 2 is 1.95 bits per heavy atom. The number of benzene rings is 1. The van der Waals surface area contributed by atoms with Crippen LogP contribution in [0.15, 0.2) is 24.3 Å². The van der Waals surface area contributed by atoms with Crippen LogP contribution in [0.25, 0.3) is 0 Å². The Hall–Kier alpha value is -1.75. The fraction of sp³-hybridized carbons (Fsp3) is 0.467. The summed E-state index contributed by atoms with van der Waals surface area (Å²) in [5, 5.41) is 14.8. The quantitative estimate of drug-likeness (QED) is 0.723. The van der Waals surface area contributed by atoms with E-state index in [4.69, 9.17) is 16.7 Å². The van der Waals surface area contributed by atoms with Gasteiger partial charge in [-0.15, -0.1) is 0 Å². The van der Waals surface area contributed by atoms with Gasteiger partial charge in [0.25, 0.3) is 0 Å². The molecule has 0 saturated heterocycles. The summed E-state index contributed by atoms with van der Waals surface area (Å²) in [6.07, 6.45) is 0.649. The Morgan fingerprint density at radius 1 is 1.29 bits per heavy atom. The molecule has 21 heavy (non-hydrogen) atoms. The lowest BCUT2D eigenvalue weighted by Gasteiger charge is -2.17. The van der Waals surface area contributed by atoms with Crippen molar-refractivity contribution in [3.05, 3.63) is 34.9 Å². The van der Waals surface area contributed by atoms with Crippen molar-refractivity contribution in [2.45, 2.75) is 32.7 Å². The van der Waals surface area contributed by atoms with Crippen LogP contribution in [0.3, 0.4) is 0 Å². The van der Waals surface area contributed by atoms with Gasteiger partial charge in [-0.3, -0.25) is 4.79 Å². The summed E-state index contributed by atoms with van der Waals surface area (Å²) in [4.78, 5) is 22.3. The summed E-state index contributed by atoms with van der Waals surface area (Å²) in [6, 6.07) is 6.86. The summed E-state index contributed by atoms with van der Waals surface area (Å²) < 4.78 is 0. The molecule has 2 atom stereocenters. The normalized spacial score (nSPS) is 13.3. The summed E-state index contributed by atoms with van der Waals surface area (Å²) in [5.74, 6) is -0.707. The average Bonchev–Trinajstić information content (AvgIpc) is 2.43. The van der Waals surface area contributed by atoms with E-state index in [-0.39, 0.29) is 24.4 Å². The number of carbonyl (C=O) groups is 2. The largest absolute Gasteiger partial charge is 0.481 e. The molecule has 1 aromatic carbocycles. The second-order valence-corrected chi connectivity index (χ2v) is 5.54. The number of nitrogens with one attached hydrogen (secondary N) is 2. The molecule has 0 radical (unpaired) electrons. The number of carbonyl (C=O) groups excluding carboxylic acids is 1. The highest BCUT2D eigenvalue weighted by Crippen LogP contribution is 2.21. The minimum Gasteiger partial charge on any atom is -0.481 e. The van der Waals surface area contributed by atoms with Gasteiger partial charge in [-0.05, 0) is 30.9 Å². The number of hydrogen-bond donors (Lipinski definition) is 3. The van der Waals surface area contributed by atoms with Gasteiger partial charge in [0.1, 0.15) is 0 Å². The van der Waals surface area contributed by atoms with E-state index < -0.39 is 5.97 Å². The Morgan fingerprint density at radius 3 is 2.57 bits per heavy atom. The molecule has 0 fully saturated rings. The molecule has 2 amide bonds. The Kier molecular flexibility index (Phi) is 7.02. The molecule has 0 aliphatic heterocycles. The molecule has 1 aromatic rings. The monoisotopic (exact) mass is 312 g/mol. The Labute approximate surface area is 129 Å². The lowest BCUT2D eigenvalue weighted by molar-refractivity contribution is -0.137. The minimum atomic E-state index is -0.821. The molecular formula is C15H21ClN2O3. The van der Waals surface area contributed by atoms with Crippen molar-refractivity contribution in [1.82, 2.24) is 10.6 Å². The van der Waals surface area contributed by atoms with Crippen LogP contribution in [0.4, 0.5) is 4.79 Å². The van der Waals surface area contributed by atoms with Crippen molar-refractivity contribution in [3.63, 3.8) is 0 Å². The first-order chi connectivity index (χ1) is 9.90. The number of urea groups is 1. The zero-order valence-corrected chi connectivity index (χ0v) is 13.0. The van der Waals surface area contributed by atoms with E-state index in [0.29, 0.717) is 18.0 Å². The topological polar surface area (TPSA) is 78.4 Å². The van der Waals surface area contributed by atoms with Gasteiger partial charge in [-0.1, -0.05) is 36.7 Å². The summed E-state index contributed by atoms with van der Waals surface area (Å²) in [7, 11) is 0. The summed E-state index contributed by atoms with van der Waals surface area (Å²) in [5.41, 5.74) is 0.855. The number of halogens is 1. The number of carboxylic acids is 1. The van der Waals surface area contributed by atoms with Crippen molar-refractivity contribution in [2.24, 2.45) is 5.92 Å². The molecule has 1 rings (SSSR count). The average molecular weight is 313 g/mol. The van der Waals surface area contributed by atoms with Crippen LogP contribution in [0, 0.1) is 5.92 Å². The van der Waals surface area contributed by atoms with Crippen LogP contribution in [-0.2, 0) is 4.79 Å². The lowest BCUT2D eigenvalue weighted by Crippen LogP contribution is -2.39. The molecule has 0 aliphatic carbocycles. The molecule has 2 unspecified atom stereocenters. The Balaban J connectivity index is 2.37. The molecule has 0 aliphatic rings. The van der Waals surface area contributed by atoms with E-state index in [1.54, 1.807) is 6.07 Å². The van der Waals surface area contributed by atoms with Gasteiger partial charge in [-0.25, -0.2) is 4.79 Å². The number of carboxylic acid groups (broad SMARTS) is 1. The first-order valence-electron chi connectivity index (χ1n) is 6.90. The minimum absolute atomic E-state index is 0.112. The van der Waals surface area contributed by atoms with Crippen molar-refractivity contribution < 1.29 is 14.7 Å². The highest BCUT2D eigenvalue weighted by Gasteiger charge is 2.13. The predicted molar refractivity (Wildman–Crippen MR) is 82.4 cm³/mol. The first-order valence-corrected chi connectivity index (χ1v) is 7.28. The summed E-state index contributed by atoms with van der Waals surface area (Å²) in [6.45, 7) is 4.20. The van der Waals surface area contributed by atoms with Crippen LogP contribution in [0.5, 0.6) is 0 Å². The molecule has 0 heterocycles. The number of aliphatic carboxylic acids is 1. The molecule has 0 aromatic heterocycles. The molecule has 116 valence electrons. The van der Waals surface area contributed by atoms with Gasteiger partial charge in [-0.2, -0.15) is 0 Å². The van der Waals surface area contributed by atoms with Gasteiger partial charge < -0.3 is 15.7 Å². The van der Waals surface area contributed by atoms with E-state index in [0.717, 1.165) is 5.56 Å². The molecule has 0 saturated carbocycles. The van der Waals surface area contributed by atoms with Crippen LogP contribution >= 0.6 is 11.6 Å².